The zero-order valence-electron chi connectivity index (χ0n) is 11.9. The molecule has 0 heterocycles. The Kier molecular flexibility index (Phi) is 7.41. The van der Waals surface area contributed by atoms with E-state index in [1.54, 1.807) is 0 Å². The summed E-state index contributed by atoms with van der Waals surface area (Å²) in [5.41, 5.74) is 0.781. The summed E-state index contributed by atoms with van der Waals surface area (Å²) in [6.07, 6.45) is -0.712. The summed E-state index contributed by atoms with van der Waals surface area (Å²) in [7, 11) is 0. The lowest BCUT2D eigenvalue weighted by molar-refractivity contribution is -0.116. The number of carbonyl (C=O) groups is 1. The molecule has 0 bridgehead atoms. The van der Waals surface area contributed by atoms with Crippen molar-refractivity contribution in [2.75, 3.05) is 19.8 Å². The lowest BCUT2D eigenvalue weighted by Gasteiger charge is -2.12. The molecule has 0 aliphatic heterocycles. The molecule has 1 unspecified atom stereocenters. The van der Waals surface area contributed by atoms with E-state index in [1.165, 1.54) is 0 Å². The van der Waals surface area contributed by atoms with Crippen LogP contribution in [0.15, 0.2) is 30.3 Å². The Hall–Kier alpha value is -1.83. The fourth-order valence-corrected chi connectivity index (χ4v) is 1.40. The number of hydrogen-bond acceptors (Lipinski definition) is 3. The number of amides is 1. The van der Waals surface area contributed by atoms with Gasteiger partial charge < -0.3 is 15.2 Å². The third-order valence-electron chi connectivity index (χ3n) is 2.35. The van der Waals surface area contributed by atoms with Crippen LogP contribution < -0.4 is 5.32 Å². The molecule has 1 atom stereocenters. The third-order valence-corrected chi connectivity index (χ3v) is 2.35. The Morgan fingerprint density at radius 1 is 1.30 bits per heavy atom. The Morgan fingerprint density at radius 2 is 2.00 bits per heavy atom. The first-order chi connectivity index (χ1) is 9.58. The van der Waals surface area contributed by atoms with Crippen LogP contribution in [0.2, 0.25) is 0 Å². The van der Waals surface area contributed by atoms with Crippen LogP contribution in [-0.2, 0) is 9.53 Å². The van der Waals surface area contributed by atoms with Gasteiger partial charge in [-0.1, -0.05) is 38.0 Å². The Bertz CT molecular complexity index is 460. The second-order valence-electron chi connectivity index (χ2n) is 4.91. The normalized spacial score (nSPS) is 11.6. The van der Waals surface area contributed by atoms with E-state index in [2.05, 4.69) is 17.2 Å². The Morgan fingerprint density at radius 3 is 2.65 bits per heavy atom. The fourth-order valence-electron chi connectivity index (χ4n) is 1.40. The molecular formula is C16H21NO3. The highest BCUT2D eigenvalue weighted by Crippen LogP contribution is 1.95. The minimum atomic E-state index is -0.712. The minimum absolute atomic E-state index is 0.139. The molecule has 1 aromatic rings. The van der Waals surface area contributed by atoms with Gasteiger partial charge in [0.1, 0.15) is 0 Å². The second kappa shape index (κ2) is 9.13. The predicted octanol–water partition coefficient (Wildman–Crippen LogP) is 1.19. The predicted molar refractivity (Wildman–Crippen MR) is 78.0 cm³/mol. The maximum Gasteiger partial charge on any atom is 0.296 e. The highest BCUT2D eigenvalue weighted by Gasteiger charge is 2.06. The van der Waals surface area contributed by atoms with Gasteiger partial charge in [-0.25, -0.2) is 0 Å². The third kappa shape index (κ3) is 7.57. The number of rotatable bonds is 6. The molecule has 1 amide bonds. The maximum absolute atomic E-state index is 11.5. The van der Waals surface area contributed by atoms with Gasteiger partial charge in [0.05, 0.1) is 12.7 Å². The molecule has 2 N–H and O–H groups in total. The molecule has 1 aromatic carbocycles. The lowest BCUT2D eigenvalue weighted by Crippen LogP contribution is -2.34. The van der Waals surface area contributed by atoms with E-state index in [1.807, 2.05) is 44.2 Å². The van der Waals surface area contributed by atoms with Crippen molar-refractivity contribution in [1.29, 1.82) is 0 Å². The minimum Gasteiger partial charge on any atom is -0.389 e. The van der Waals surface area contributed by atoms with Gasteiger partial charge >= 0.3 is 0 Å². The quantitative estimate of drug-likeness (QED) is 0.767. The van der Waals surface area contributed by atoms with Crippen molar-refractivity contribution in [3.8, 4) is 11.8 Å². The summed E-state index contributed by atoms with van der Waals surface area (Å²) in [5.74, 6) is 5.25. The van der Waals surface area contributed by atoms with E-state index < -0.39 is 12.0 Å². The van der Waals surface area contributed by atoms with Crippen LogP contribution in [0.25, 0.3) is 0 Å². The number of hydrogen-bond donors (Lipinski definition) is 2. The van der Waals surface area contributed by atoms with Crippen LogP contribution in [0.1, 0.15) is 19.4 Å². The molecule has 0 saturated carbocycles. The molecule has 0 aliphatic rings. The number of benzene rings is 1. The molecule has 0 aliphatic carbocycles. The van der Waals surface area contributed by atoms with E-state index in [9.17, 15) is 9.90 Å². The highest BCUT2D eigenvalue weighted by molar-refractivity contribution is 5.94. The second-order valence-corrected chi connectivity index (χ2v) is 4.91. The molecule has 20 heavy (non-hydrogen) atoms. The van der Waals surface area contributed by atoms with Crippen LogP contribution in [-0.4, -0.2) is 36.9 Å². The summed E-state index contributed by atoms with van der Waals surface area (Å²) in [6, 6.07) is 9.26. The standard InChI is InChI=1S/C16H21NO3/c1-13(2)11-20-12-15(18)10-17-16(19)9-8-14-6-4-3-5-7-14/h3-7,13,15,18H,10-12H2,1-2H3,(H,17,19). The molecule has 0 spiro atoms. The summed E-state index contributed by atoms with van der Waals surface area (Å²) in [4.78, 5) is 11.5. The van der Waals surface area contributed by atoms with E-state index >= 15 is 0 Å². The van der Waals surface area contributed by atoms with Crippen molar-refractivity contribution in [2.45, 2.75) is 20.0 Å². The van der Waals surface area contributed by atoms with Gasteiger partial charge in [0.2, 0.25) is 0 Å². The molecule has 108 valence electrons. The Labute approximate surface area is 120 Å². The van der Waals surface area contributed by atoms with Crippen LogP contribution in [0.4, 0.5) is 0 Å². The smallest absolute Gasteiger partial charge is 0.296 e. The van der Waals surface area contributed by atoms with Crippen LogP contribution >= 0.6 is 0 Å². The SMILES string of the molecule is CC(C)COCC(O)CNC(=O)C#Cc1ccccc1. The number of aliphatic hydroxyl groups is 1. The van der Waals surface area contributed by atoms with Gasteiger partial charge in [-0.15, -0.1) is 0 Å². The number of aliphatic hydroxyl groups excluding tert-OH is 1. The number of ether oxygens (including phenoxy) is 1. The first-order valence-electron chi connectivity index (χ1n) is 6.68. The van der Waals surface area contributed by atoms with E-state index in [0.717, 1.165) is 5.56 Å². The van der Waals surface area contributed by atoms with Crippen LogP contribution in [0.5, 0.6) is 0 Å². The van der Waals surface area contributed by atoms with Gasteiger partial charge in [0, 0.05) is 24.6 Å². The summed E-state index contributed by atoms with van der Waals surface area (Å²) < 4.78 is 5.28. The molecule has 0 aromatic heterocycles. The average Bonchev–Trinajstić information content (AvgIpc) is 2.43. The van der Waals surface area contributed by atoms with Crippen molar-refractivity contribution in [3.05, 3.63) is 35.9 Å². The van der Waals surface area contributed by atoms with Crippen LogP contribution in [0.3, 0.4) is 0 Å². The van der Waals surface area contributed by atoms with Gasteiger partial charge in [0.25, 0.3) is 5.91 Å². The zero-order chi connectivity index (χ0) is 14.8. The topological polar surface area (TPSA) is 58.6 Å². The van der Waals surface area contributed by atoms with Gasteiger partial charge in [0.15, 0.2) is 0 Å². The van der Waals surface area contributed by atoms with Crippen molar-refractivity contribution in [2.24, 2.45) is 5.92 Å². The van der Waals surface area contributed by atoms with Gasteiger partial charge in [-0.2, -0.15) is 0 Å². The number of carbonyl (C=O) groups excluding carboxylic acids is 1. The molecule has 1 rings (SSSR count). The van der Waals surface area contributed by atoms with E-state index in [0.29, 0.717) is 12.5 Å². The maximum atomic E-state index is 11.5. The fraction of sp³-hybridized carbons (Fsp3) is 0.438. The molecular weight excluding hydrogens is 254 g/mol. The number of nitrogens with one attached hydrogen (secondary N) is 1. The molecule has 0 saturated heterocycles. The zero-order valence-corrected chi connectivity index (χ0v) is 11.9. The first kappa shape index (κ1) is 16.2. The van der Waals surface area contributed by atoms with Crippen molar-refractivity contribution >= 4 is 5.91 Å². The van der Waals surface area contributed by atoms with Gasteiger partial charge in [-0.05, 0) is 18.1 Å². The summed E-state index contributed by atoms with van der Waals surface area (Å²) >= 11 is 0. The lowest BCUT2D eigenvalue weighted by atomic mass is 10.2. The molecule has 4 nitrogen and oxygen atoms in total. The summed E-state index contributed by atoms with van der Waals surface area (Å²) in [6.45, 7) is 5.02. The van der Waals surface area contributed by atoms with Crippen LogP contribution in [0, 0.1) is 17.8 Å². The molecule has 0 fully saturated rings. The Balaban J connectivity index is 2.25. The van der Waals surface area contributed by atoms with Crippen molar-refractivity contribution in [3.63, 3.8) is 0 Å². The monoisotopic (exact) mass is 275 g/mol. The largest absolute Gasteiger partial charge is 0.389 e. The van der Waals surface area contributed by atoms with Crippen molar-refractivity contribution in [1.82, 2.24) is 5.32 Å². The molecule has 4 heteroatoms. The highest BCUT2D eigenvalue weighted by atomic mass is 16.5. The van der Waals surface area contributed by atoms with E-state index in [4.69, 9.17) is 4.74 Å². The molecule has 0 radical (unpaired) electrons. The summed E-state index contributed by atoms with van der Waals surface area (Å²) in [5, 5.41) is 12.2. The van der Waals surface area contributed by atoms with Gasteiger partial charge in [-0.3, -0.25) is 4.79 Å². The average molecular weight is 275 g/mol. The van der Waals surface area contributed by atoms with E-state index in [-0.39, 0.29) is 13.2 Å². The van der Waals surface area contributed by atoms with Crippen molar-refractivity contribution < 1.29 is 14.6 Å². The first-order valence-corrected chi connectivity index (χ1v) is 6.68.